The zero-order valence-electron chi connectivity index (χ0n) is 22.1. The fourth-order valence-electron chi connectivity index (χ4n) is 5.09. The highest BCUT2D eigenvalue weighted by molar-refractivity contribution is 5.95. The molecule has 4 aromatic carbocycles. The molecule has 0 radical (unpaired) electrons. The number of nitrogens with zero attached hydrogens (tertiary/aromatic N) is 4. The topological polar surface area (TPSA) is 54.2 Å². The van der Waals surface area contributed by atoms with Crippen LogP contribution in [0.5, 0.6) is 5.75 Å². The molecule has 0 aliphatic carbocycles. The van der Waals surface area contributed by atoms with Gasteiger partial charge in [-0.2, -0.15) is 0 Å². The molecule has 1 N–H and O–H groups in total. The predicted octanol–water partition coefficient (Wildman–Crippen LogP) is 8.60. The van der Waals surface area contributed by atoms with Crippen LogP contribution in [0.1, 0.15) is 13.8 Å². The molecule has 5 nitrogen and oxygen atoms in total. The number of phenols is 1. The second-order valence-corrected chi connectivity index (χ2v) is 10.0. The lowest BCUT2D eigenvalue weighted by atomic mass is 10.0. The van der Waals surface area contributed by atoms with Crippen molar-refractivity contribution >= 4 is 28.2 Å². The van der Waals surface area contributed by atoms with Gasteiger partial charge in [0.2, 0.25) is 0 Å². The summed E-state index contributed by atoms with van der Waals surface area (Å²) >= 11 is 0. The van der Waals surface area contributed by atoms with E-state index in [1.54, 1.807) is 6.07 Å². The first-order chi connectivity index (χ1) is 19.1. The van der Waals surface area contributed by atoms with Crippen molar-refractivity contribution in [1.29, 1.82) is 0 Å². The third-order valence-corrected chi connectivity index (χ3v) is 6.78. The van der Waals surface area contributed by atoms with E-state index in [-0.39, 0.29) is 5.75 Å². The molecule has 0 saturated heterocycles. The van der Waals surface area contributed by atoms with Crippen LogP contribution in [-0.2, 0) is 6.54 Å². The first kappa shape index (κ1) is 24.4. The van der Waals surface area contributed by atoms with Crippen molar-refractivity contribution in [2.24, 2.45) is 5.92 Å². The van der Waals surface area contributed by atoms with Gasteiger partial charge in [0.05, 0.1) is 16.6 Å². The molecular formula is C34H30N4O. The Morgan fingerprint density at radius 3 is 2.23 bits per heavy atom. The molecule has 0 spiro atoms. The molecule has 0 saturated carbocycles. The summed E-state index contributed by atoms with van der Waals surface area (Å²) in [6.45, 7) is 5.19. The van der Waals surface area contributed by atoms with Crippen LogP contribution in [-0.4, -0.2) is 19.6 Å². The van der Waals surface area contributed by atoms with Crippen LogP contribution >= 0.6 is 0 Å². The van der Waals surface area contributed by atoms with Crippen molar-refractivity contribution < 1.29 is 5.11 Å². The summed E-state index contributed by atoms with van der Waals surface area (Å²) in [7, 11) is 0. The second-order valence-electron chi connectivity index (χ2n) is 10.0. The number of phenolic OH excluding ortho intramolecular Hbond substituents is 1. The molecule has 5 heteroatoms. The Hall–Kier alpha value is -4.90. The van der Waals surface area contributed by atoms with E-state index < -0.39 is 0 Å². The summed E-state index contributed by atoms with van der Waals surface area (Å²) in [5.74, 6) is 2.27. The fraction of sp³-hybridized carbons (Fsp3) is 0.118. The smallest absolute Gasteiger partial charge is 0.144 e. The average molecular weight is 511 g/mol. The van der Waals surface area contributed by atoms with Gasteiger partial charge in [-0.25, -0.2) is 9.97 Å². The van der Waals surface area contributed by atoms with Crippen molar-refractivity contribution in [2.75, 3.05) is 4.90 Å². The quantitative estimate of drug-likeness (QED) is 0.234. The number of benzene rings is 4. The van der Waals surface area contributed by atoms with Gasteiger partial charge in [0, 0.05) is 29.7 Å². The van der Waals surface area contributed by atoms with Gasteiger partial charge >= 0.3 is 0 Å². The molecule has 0 unspecified atom stereocenters. The van der Waals surface area contributed by atoms with Crippen LogP contribution < -0.4 is 4.90 Å². The highest BCUT2D eigenvalue weighted by Gasteiger charge is 2.20. The highest BCUT2D eigenvalue weighted by Crippen LogP contribution is 2.38. The number of rotatable bonds is 7. The minimum atomic E-state index is 0.232. The number of hydrogen-bond acceptors (Lipinski definition) is 4. The highest BCUT2D eigenvalue weighted by atomic mass is 16.3. The van der Waals surface area contributed by atoms with Crippen LogP contribution in [0.2, 0.25) is 0 Å². The van der Waals surface area contributed by atoms with Crippen LogP contribution in [0.25, 0.3) is 33.5 Å². The zero-order valence-corrected chi connectivity index (χ0v) is 22.1. The monoisotopic (exact) mass is 510 g/mol. The number of pyridine rings is 1. The van der Waals surface area contributed by atoms with Gasteiger partial charge in [0.1, 0.15) is 17.4 Å². The average Bonchev–Trinajstić information content (AvgIpc) is 3.32. The van der Waals surface area contributed by atoms with E-state index in [9.17, 15) is 5.11 Å². The number of hydrogen-bond donors (Lipinski definition) is 1. The van der Waals surface area contributed by atoms with E-state index in [2.05, 4.69) is 82.9 Å². The van der Waals surface area contributed by atoms with Crippen LogP contribution in [0, 0.1) is 5.92 Å². The molecule has 2 aromatic heterocycles. The SMILES string of the molecule is CC(C)Cn1c(-c2ccccc2O)nc2c(-c3cccc(N(c4ccccc4)c4ccccn4)c3)cccc21. The van der Waals surface area contributed by atoms with E-state index in [4.69, 9.17) is 4.98 Å². The van der Waals surface area contributed by atoms with Gasteiger partial charge in [0.15, 0.2) is 0 Å². The Morgan fingerprint density at radius 2 is 1.46 bits per heavy atom. The van der Waals surface area contributed by atoms with Crippen LogP contribution in [0.3, 0.4) is 0 Å². The summed E-state index contributed by atoms with van der Waals surface area (Å²) in [6, 6.07) is 38.5. The molecule has 0 bridgehead atoms. The van der Waals surface area contributed by atoms with Gasteiger partial charge in [0.25, 0.3) is 0 Å². The van der Waals surface area contributed by atoms with Gasteiger partial charge in [-0.3, -0.25) is 4.90 Å². The van der Waals surface area contributed by atoms with Crippen molar-refractivity contribution in [3.63, 3.8) is 0 Å². The number of fused-ring (bicyclic) bond motifs is 1. The first-order valence-electron chi connectivity index (χ1n) is 13.2. The number of aromatic hydroxyl groups is 1. The van der Waals surface area contributed by atoms with Gasteiger partial charge < -0.3 is 9.67 Å². The maximum absolute atomic E-state index is 10.7. The molecular weight excluding hydrogens is 480 g/mol. The molecule has 39 heavy (non-hydrogen) atoms. The normalized spacial score (nSPS) is 11.3. The first-order valence-corrected chi connectivity index (χ1v) is 13.2. The van der Waals surface area contributed by atoms with Crippen LogP contribution in [0.4, 0.5) is 17.2 Å². The summed E-state index contributed by atoms with van der Waals surface area (Å²) in [6.07, 6.45) is 1.82. The minimum Gasteiger partial charge on any atom is -0.507 e. The molecule has 0 fully saturated rings. The van der Waals surface area contributed by atoms with Gasteiger partial charge in [-0.1, -0.05) is 74.5 Å². The van der Waals surface area contributed by atoms with E-state index in [0.717, 1.165) is 57.3 Å². The van der Waals surface area contributed by atoms with Crippen molar-refractivity contribution in [3.05, 3.63) is 121 Å². The Labute approximate surface area is 228 Å². The maximum Gasteiger partial charge on any atom is 0.144 e. The minimum absolute atomic E-state index is 0.232. The van der Waals surface area contributed by atoms with E-state index in [0.29, 0.717) is 5.92 Å². The third-order valence-electron chi connectivity index (χ3n) is 6.78. The Morgan fingerprint density at radius 1 is 0.744 bits per heavy atom. The number of para-hydroxylation sites is 3. The van der Waals surface area contributed by atoms with E-state index >= 15 is 0 Å². The summed E-state index contributed by atoms with van der Waals surface area (Å²) in [5, 5.41) is 10.7. The standard InChI is InChI=1S/C34H30N4O/c1-24(2)23-37-30-18-11-17-28(33(30)36-34(37)29-16-6-7-19-31(29)39)25-12-10-15-27(22-25)38(26-13-4-3-5-14-26)32-20-8-9-21-35-32/h3-22,24,39H,23H2,1-2H3. The lowest BCUT2D eigenvalue weighted by Crippen LogP contribution is -2.11. The largest absolute Gasteiger partial charge is 0.507 e. The predicted molar refractivity (Wildman–Crippen MR) is 160 cm³/mol. The lowest BCUT2D eigenvalue weighted by molar-refractivity contribution is 0.475. The van der Waals surface area contributed by atoms with Gasteiger partial charge in [-0.15, -0.1) is 0 Å². The molecule has 6 rings (SSSR count). The number of imidazole rings is 1. The molecule has 192 valence electrons. The summed E-state index contributed by atoms with van der Waals surface area (Å²) in [5.41, 5.74) is 6.86. The maximum atomic E-state index is 10.7. The van der Waals surface area contributed by atoms with E-state index in [1.165, 1.54) is 0 Å². The Kier molecular flexibility index (Phi) is 6.55. The number of anilines is 3. The summed E-state index contributed by atoms with van der Waals surface area (Å²) in [4.78, 5) is 12.0. The van der Waals surface area contributed by atoms with Crippen molar-refractivity contribution in [2.45, 2.75) is 20.4 Å². The molecule has 2 heterocycles. The summed E-state index contributed by atoms with van der Waals surface area (Å²) < 4.78 is 2.23. The second kappa shape index (κ2) is 10.5. The Bertz CT molecular complexity index is 1690. The Balaban J connectivity index is 1.53. The molecule has 0 aliphatic rings. The van der Waals surface area contributed by atoms with Crippen molar-refractivity contribution in [1.82, 2.24) is 14.5 Å². The fourth-order valence-corrected chi connectivity index (χ4v) is 5.09. The molecule has 0 atom stereocenters. The van der Waals surface area contributed by atoms with Gasteiger partial charge in [-0.05, 0) is 66.1 Å². The molecule has 6 aromatic rings. The number of aromatic nitrogens is 3. The van der Waals surface area contributed by atoms with E-state index in [1.807, 2.05) is 60.8 Å². The van der Waals surface area contributed by atoms with Crippen LogP contribution in [0.15, 0.2) is 121 Å². The lowest BCUT2D eigenvalue weighted by Gasteiger charge is -2.24. The molecule has 0 amide bonds. The molecule has 0 aliphatic heterocycles. The third kappa shape index (κ3) is 4.75. The van der Waals surface area contributed by atoms with Crippen molar-refractivity contribution in [3.8, 4) is 28.3 Å². The zero-order chi connectivity index (χ0) is 26.8.